The highest BCUT2D eigenvalue weighted by atomic mass is 16.6. The lowest BCUT2D eigenvalue weighted by Crippen LogP contribution is -2.32. The van der Waals surface area contributed by atoms with Crippen LogP contribution < -0.4 is 5.32 Å². The number of nitrogens with zero attached hydrogens (tertiary/aromatic N) is 1. The highest BCUT2D eigenvalue weighted by Gasteiger charge is 2.27. The molecular weight excluding hydrogens is 272 g/mol. The molecule has 6 nitrogen and oxygen atoms in total. The Bertz CT molecular complexity index is 544. The molecule has 0 saturated heterocycles. The topological polar surface area (TPSA) is 92.5 Å². The van der Waals surface area contributed by atoms with Gasteiger partial charge < -0.3 is 10.4 Å². The van der Waals surface area contributed by atoms with Gasteiger partial charge in [-0.1, -0.05) is 6.42 Å². The van der Waals surface area contributed by atoms with Gasteiger partial charge in [0.1, 0.15) is 0 Å². The van der Waals surface area contributed by atoms with Crippen molar-refractivity contribution < 1.29 is 14.8 Å². The first kappa shape index (κ1) is 15.4. The summed E-state index contributed by atoms with van der Waals surface area (Å²) < 4.78 is 0. The van der Waals surface area contributed by atoms with Crippen LogP contribution in [0.5, 0.6) is 0 Å². The Morgan fingerprint density at radius 2 is 2.14 bits per heavy atom. The number of carbonyl (C=O) groups is 1. The Morgan fingerprint density at radius 1 is 1.43 bits per heavy atom. The molecular formula is C15H20N2O4. The first-order valence-electron chi connectivity index (χ1n) is 7.17. The number of nitro groups is 1. The molecule has 1 aliphatic rings. The number of hydrogen-bond acceptors (Lipinski definition) is 4. The van der Waals surface area contributed by atoms with Gasteiger partial charge in [-0.05, 0) is 43.2 Å². The molecule has 6 heteroatoms. The van der Waals surface area contributed by atoms with E-state index < -0.39 is 4.92 Å². The molecule has 114 valence electrons. The summed E-state index contributed by atoms with van der Waals surface area (Å²) in [7, 11) is 0. The van der Waals surface area contributed by atoms with E-state index in [4.69, 9.17) is 0 Å². The summed E-state index contributed by atoms with van der Waals surface area (Å²) in [6.45, 7) is 2.39. The fourth-order valence-corrected chi connectivity index (χ4v) is 2.96. The molecule has 2 unspecified atom stereocenters. The first-order chi connectivity index (χ1) is 10.0. The minimum Gasteiger partial charge on any atom is -0.396 e. The number of amides is 1. The minimum absolute atomic E-state index is 0.0137. The molecule has 2 N–H and O–H groups in total. The van der Waals surface area contributed by atoms with Gasteiger partial charge in [0.15, 0.2) is 0 Å². The number of aliphatic hydroxyl groups excluding tert-OH is 1. The highest BCUT2D eigenvalue weighted by Crippen LogP contribution is 2.30. The van der Waals surface area contributed by atoms with E-state index in [-0.39, 0.29) is 24.1 Å². The van der Waals surface area contributed by atoms with Crippen molar-refractivity contribution in [3.8, 4) is 0 Å². The number of nitro benzene ring substituents is 1. The van der Waals surface area contributed by atoms with Crippen LogP contribution in [0.1, 0.15) is 35.2 Å². The van der Waals surface area contributed by atoms with Gasteiger partial charge in [0.25, 0.3) is 11.6 Å². The Hall–Kier alpha value is -1.95. The second-order valence-corrected chi connectivity index (χ2v) is 5.60. The summed E-state index contributed by atoms with van der Waals surface area (Å²) in [5.41, 5.74) is 1.03. The average Bonchev–Trinajstić information content (AvgIpc) is 2.91. The zero-order chi connectivity index (χ0) is 15.4. The number of nitrogens with one attached hydrogen (secondary N) is 1. The van der Waals surface area contributed by atoms with Gasteiger partial charge in [-0.15, -0.1) is 0 Å². The van der Waals surface area contributed by atoms with E-state index in [9.17, 15) is 20.0 Å². The van der Waals surface area contributed by atoms with Crippen molar-refractivity contribution in [2.24, 2.45) is 11.8 Å². The zero-order valence-corrected chi connectivity index (χ0v) is 12.0. The number of benzene rings is 1. The van der Waals surface area contributed by atoms with Crippen molar-refractivity contribution in [1.29, 1.82) is 0 Å². The molecule has 1 aromatic rings. The Labute approximate surface area is 123 Å². The normalized spacial score (nSPS) is 21.2. The standard InChI is InChI=1S/C15H20N2O4/c1-10-7-13(17(20)21)5-6-14(10)15(19)16-8-11-3-2-4-12(11)9-18/h5-7,11-12,18H,2-4,8-9H2,1H3,(H,16,19). The molecule has 1 amide bonds. The van der Waals surface area contributed by atoms with Gasteiger partial charge in [-0.2, -0.15) is 0 Å². The summed E-state index contributed by atoms with van der Waals surface area (Å²) in [5, 5.41) is 22.8. The molecule has 0 aromatic heterocycles. The lowest BCUT2D eigenvalue weighted by atomic mass is 9.97. The molecule has 1 aliphatic carbocycles. The SMILES string of the molecule is Cc1cc([N+](=O)[O-])ccc1C(=O)NCC1CCCC1CO. The van der Waals surface area contributed by atoms with Gasteiger partial charge in [0.05, 0.1) is 4.92 Å². The number of hydrogen-bond donors (Lipinski definition) is 2. The smallest absolute Gasteiger partial charge is 0.269 e. The van der Waals surface area contributed by atoms with Gasteiger partial charge in [0.2, 0.25) is 0 Å². The van der Waals surface area contributed by atoms with Crippen LogP contribution in [0.25, 0.3) is 0 Å². The van der Waals surface area contributed by atoms with Gasteiger partial charge >= 0.3 is 0 Å². The molecule has 1 saturated carbocycles. The van der Waals surface area contributed by atoms with Crippen LogP contribution in [0.3, 0.4) is 0 Å². The van der Waals surface area contributed by atoms with Crippen LogP contribution in [-0.4, -0.2) is 29.1 Å². The van der Waals surface area contributed by atoms with Crippen LogP contribution in [-0.2, 0) is 0 Å². The Morgan fingerprint density at radius 3 is 2.76 bits per heavy atom. The quantitative estimate of drug-likeness (QED) is 0.641. The average molecular weight is 292 g/mol. The summed E-state index contributed by atoms with van der Waals surface area (Å²) in [5.74, 6) is 0.367. The molecule has 0 heterocycles. The molecule has 0 aliphatic heterocycles. The second kappa shape index (κ2) is 6.67. The third-order valence-electron chi connectivity index (χ3n) is 4.24. The summed E-state index contributed by atoms with van der Waals surface area (Å²) in [6.07, 6.45) is 3.11. The van der Waals surface area contributed by atoms with E-state index in [0.29, 0.717) is 23.6 Å². The molecule has 0 bridgehead atoms. The zero-order valence-electron chi connectivity index (χ0n) is 12.0. The maximum atomic E-state index is 12.2. The van der Waals surface area contributed by atoms with Crippen molar-refractivity contribution in [1.82, 2.24) is 5.32 Å². The van der Waals surface area contributed by atoms with Crippen molar-refractivity contribution in [3.05, 3.63) is 39.4 Å². The number of carbonyl (C=O) groups excluding carboxylic acids is 1. The summed E-state index contributed by atoms with van der Waals surface area (Å²) in [4.78, 5) is 22.4. The predicted octanol–water partition coefficient (Wildman–Crippen LogP) is 2.04. The predicted molar refractivity (Wildman–Crippen MR) is 78.1 cm³/mol. The third-order valence-corrected chi connectivity index (χ3v) is 4.24. The molecule has 2 rings (SSSR count). The van der Waals surface area contributed by atoms with Crippen LogP contribution in [0.4, 0.5) is 5.69 Å². The van der Waals surface area contributed by atoms with Crippen LogP contribution in [0.15, 0.2) is 18.2 Å². The van der Waals surface area contributed by atoms with Crippen molar-refractivity contribution in [2.45, 2.75) is 26.2 Å². The summed E-state index contributed by atoms with van der Waals surface area (Å²) in [6, 6.07) is 4.23. The van der Waals surface area contributed by atoms with E-state index in [1.165, 1.54) is 18.2 Å². The number of aliphatic hydroxyl groups is 1. The number of rotatable bonds is 5. The molecule has 1 fully saturated rings. The van der Waals surface area contributed by atoms with Crippen molar-refractivity contribution >= 4 is 11.6 Å². The van der Waals surface area contributed by atoms with Crippen molar-refractivity contribution in [3.63, 3.8) is 0 Å². The van der Waals surface area contributed by atoms with E-state index in [1.54, 1.807) is 6.92 Å². The fourth-order valence-electron chi connectivity index (χ4n) is 2.96. The molecule has 0 spiro atoms. The first-order valence-corrected chi connectivity index (χ1v) is 7.17. The number of aryl methyl sites for hydroxylation is 1. The molecule has 0 radical (unpaired) electrons. The highest BCUT2D eigenvalue weighted by molar-refractivity contribution is 5.95. The van der Waals surface area contributed by atoms with Gasteiger partial charge in [-0.25, -0.2) is 0 Å². The lowest BCUT2D eigenvalue weighted by molar-refractivity contribution is -0.384. The largest absolute Gasteiger partial charge is 0.396 e. The monoisotopic (exact) mass is 292 g/mol. The minimum atomic E-state index is -0.473. The maximum Gasteiger partial charge on any atom is 0.269 e. The van der Waals surface area contributed by atoms with E-state index in [2.05, 4.69) is 5.32 Å². The van der Waals surface area contributed by atoms with E-state index in [0.717, 1.165) is 19.3 Å². The van der Waals surface area contributed by atoms with E-state index >= 15 is 0 Å². The van der Waals surface area contributed by atoms with Crippen LogP contribution in [0.2, 0.25) is 0 Å². The Kier molecular flexibility index (Phi) is 4.90. The Balaban J connectivity index is 1.99. The summed E-state index contributed by atoms with van der Waals surface area (Å²) >= 11 is 0. The van der Waals surface area contributed by atoms with Crippen LogP contribution in [0, 0.1) is 28.9 Å². The van der Waals surface area contributed by atoms with Crippen LogP contribution >= 0.6 is 0 Å². The maximum absolute atomic E-state index is 12.2. The molecule has 2 atom stereocenters. The van der Waals surface area contributed by atoms with E-state index in [1.807, 2.05) is 0 Å². The molecule has 21 heavy (non-hydrogen) atoms. The van der Waals surface area contributed by atoms with Gasteiger partial charge in [-0.3, -0.25) is 14.9 Å². The fraction of sp³-hybridized carbons (Fsp3) is 0.533. The molecule has 1 aromatic carbocycles. The number of non-ortho nitro benzene ring substituents is 1. The van der Waals surface area contributed by atoms with Crippen molar-refractivity contribution in [2.75, 3.05) is 13.2 Å². The lowest BCUT2D eigenvalue weighted by Gasteiger charge is -2.18. The second-order valence-electron chi connectivity index (χ2n) is 5.60. The third kappa shape index (κ3) is 3.58. The van der Waals surface area contributed by atoms with Gasteiger partial charge in [0, 0.05) is 30.8 Å².